The van der Waals surface area contributed by atoms with Crippen molar-refractivity contribution in [1.82, 2.24) is 0 Å². The van der Waals surface area contributed by atoms with Crippen LogP contribution in [0.25, 0.3) is 0 Å². The van der Waals surface area contributed by atoms with Crippen LogP contribution in [-0.2, 0) is 4.43 Å². The first-order chi connectivity index (χ1) is 9.33. The van der Waals surface area contributed by atoms with E-state index in [2.05, 4.69) is 74.7 Å². The Labute approximate surface area is 117 Å². The molecule has 0 saturated carbocycles. The van der Waals surface area contributed by atoms with Crippen molar-refractivity contribution in [2.45, 2.75) is 25.8 Å². The van der Waals surface area contributed by atoms with Crippen molar-refractivity contribution < 1.29 is 4.43 Å². The Balaban J connectivity index is 2.48. The molecular formula is C17H21OSi. The predicted octanol–water partition coefficient (Wildman–Crippen LogP) is 3.35. The molecule has 0 N–H and O–H groups in total. The van der Waals surface area contributed by atoms with Crippen molar-refractivity contribution in [2.75, 3.05) is 0 Å². The van der Waals surface area contributed by atoms with E-state index in [9.17, 15) is 0 Å². The van der Waals surface area contributed by atoms with Crippen molar-refractivity contribution in [1.29, 1.82) is 0 Å². The third-order valence-corrected chi connectivity index (χ3v) is 7.69. The molecule has 0 atom stereocenters. The van der Waals surface area contributed by atoms with E-state index < -0.39 is 8.32 Å². The van der Waals surface area contributed by atoms with Gasteiger partial charge in [-0.05, 0) is 16.4 Å². The standard InChI is InChI=1S/C17H21OSi/c1-3-4-15-19(18-2,16-11-7-5-8-12-16)17-13-9-6-10-14-17/h5-14H,2-4,15H2,1H3. The first-order valence-electron chi connectivity index (χ1n) is 6.87. The fourth-order valence-electron chi connectivity index (χ4n) is 2.53. The summed E-state index contributed by atoms with van der Waals surface area (Å²) in [5, 5.41) is 2.62. The fraction of sp³-hybridized carbons (Fsp3) is 0.235. The zero-order valence-electron chi connectivity index (χ0n) is 11.5. The van der Waals surface area contributed by atoms with Crippen LogP contribution in [0.3, 0.4) is 0 Å². The summed E-state index contributed by atoms with van der Waals surface area (Å²) in [6.45, 7) is 2.22. The molecule has 2 rings (SSSR count). The molecule has 2 heteroatoms. The second-order valence-corrected chi connectivity index (χ2v) is 8.40. The van der Waals surface area contributed by atoms with E-state index in [1.165, 1.54) is 23.2 Å². The van der Waals surface area contributed by atoms with E-state index >= 15 is 0 Å². The fourth-order valence-corrected chi connectivity index (χ4v) is 6.24. The molecule has 99 valence electrons. The molecule has 0 heterocycles. The number of benzene rings is 2. The first-order valence-corrected chi connectivity index (χ1v) is 8.99. The van der Waals surface area contributed by atoms with Crippen LogP contribution < -0.4 is 10.4 Å². The molecule has 0 spiro atoms. The molecule has 1 radical (unpaired) electrons. The van der Waals surface area contributed by atoms with Crippen molar-refractivity contribution in [3.05, 3.63) is 67.8 Å². The molecule has 0 aromatic heterocycles. The summed E-state index contributed by atoms with van der Waals surface area (Å²) in [4.78, 5) is 0. The maximum atomic E-state index is 5.90. The topological polar surface area (TPSA) is 9.23 Å². The smallest absolute Gasteiger partial charge is 0.255 e. The van der Waals surface area contributed by atoms with Crippen LogP contribution in [-0.4, -0.2) is 8.32 Å². The Morgan fingerprint density at radius 3 is 1.74 bits per heavy atom. The molecule has 0 aliphatic rings. The van der Waals surface area contributed by atoms with E-state index in [0.717, 1.165) is 6.04 Å². The molecule has 0 aliphatic carbocycles. The molecule has 0 bridgehead atoms. The van der Waals surface area contributed by atoms with Crippen molar-refractivity contribution in [2.24, 2.45) is 0 Å². The molecule has 0 fully saturated rings. The molecule has 19 heavy (non-hydrogen) atoms. The minimum atomic E-state index is -2.15. The van der Waals surface area contributed by atoms with Crippen LogP contribution in [0.15, 0.2) is 60.7 Å². The molecule has 2 aromatic carbocycles. The van der Waals surface area contributed by atoms with Crippen LogP contribution in [0, 0.1) is 7.11 Å². The number of hydrogen-bond acceptors (Lipinski definition) is 1. The summed E-state index contributed by atoms with van der Waals surface area (Å²) in [6.07, 6.45) is 2.35. The van der Waals surface area contributed by atoms with Crippen molar-refractivity contribution in [3.8, 4) is 0 Å². The number of rotatable bonds is 6. The summed E-state index contributed by atoms with van der Waals surface area (Å²) in [5.41, 5.74) is 0. The molecule has 1 nitrogen and oxygen atoms in total. The average molecular weight is 269 g/mol. The Kier molecular flexibility index (Phi) is 4.94. The molecule has 0 saturated heterocycles. The van der Waals surface area contributed by atoms with Gasteiger partial charge in [-0.3, -0.25) is 0 Å². The highest BCUT2D eigenvalue weighted by Crippen LogP contribution is 2.16. The minimum Gasteiger partial charge on any atom is -0.406 e. The monoisotopic (exact) mass is 269 g/mol. The van der Waals surface area contributed by atoms with E-state index in [1.807, 2.05) is 0 Å². The highest BCUT2D eigenvalue weighted by molar-refractivity contribution is 6.97. The summed E-state index contributed by atoms with van der Waals surface area (Å²) in [7, 11) is 1.67. The molecule has 0 aliphatic heterocycles. The van der Waals surface area contributed by atoms with Gasteiger partial charge in [-0.25, -0.2) is 0 Å². The summed E-state index contributed by atoms with van der Waals surface area (Å²) in [6, 6.07) is 22.3. The quantitative estimate of drug-likeness (QED) is 0.731. The summed E-state index contributed by atoms with van der Waals surface area (Å²) in [5.74, 6) is 0. The lowest BCUT2D eigenvalue weighted by molar-refractivity contribution is 0.472. The van der Waals surface area contributed by atoms with Gasteiger partial charge >= 0.3 is 0 Å². The maximum absolute atomic E-state index is 5.90. The zero-order valence-corrected chi connectivity index (χ0v) is 12.5. The van der Waals surface area contributed by atoms with Gasteiger partial charge in [0.15, 0.2) is 0 Å². The van der Waals surface area contributed by atoms with Crippen molar-refractivity contribution in [3.63, 3.8) is 0 Å². The predicted molar refractivity (Wildman–Crippen MR) is 84.1 cm³/mol. The summed E-state index contributed by atoms with van der Waals surface area (Å²) < 4.78 is 5.90. The van der Waals surface area contributed by atoms with Crippen LogP contribution in [0.4, 0.5) is 0 Å². The Bertz CT molecular complexity index is 442. The van der Waals surface area contributed by atoms with Gasteiger partial charge < -0.3 is 4.43 Å². The third kappa shape index (κ3) is 2.96. The van der Waals surface area contributed by atoms with Crippen LogP contribution in [0.5, 0.6) is 0 Å². The largest absolute Gasteiger partial charge is 0.406 e. The second kappa shape index (κ2) is 6.69. The van der Waals surface area contributed by atoms with E-state index in [1.54, 1.807) is 0 Å². The Morgan fingerprint density at radius 1 is 0.895 bits per heavy atom. The van der Waals surface area contributed by atoms with Gasteiger partial charge in [0.2, 0.25) is 0 Å². The first kappa shape index (κ1) is 14.0. The van der Waals surface area contributed by atoms with Gasteiger partial charge in [-0.15, -0.1) is 0 Å². The number of hydrogen-bond donors (Lipinski definition) is 0. The lowest BCUT2D eigenvalue weighted by atomic mass is 10.4. The normalized spacial score (nSPS) is 11.5. The van der Waals surface area contributed by atoms with Gasteiger partial charge in [0.1, 0.15) is 0 Å². The Hall–Kier alpha value is -1.38. The highest BCUT2D eigenvalue weighted by Gasteiger charge is 2.37. The molecule has 2 aromatic rings. The van der Waals surface area contributed by atoms with Crippen LogP contribution >= 0.6 is 0 Å². The zero-order chi connectivity index (χ0) is 13.6. The van der Waals surface area contributed by atoms with Gasteiger partial charge in [-0.1, -0.05) is 80.4 Å². The van der Waals surface area contributed by atoms with Crippen LogP contribution in [0.1, 0.15) is 19.8 Å². The van der Waals surface area contributed by atoms with Crippen LogP contribution in [0.2, 0.25) is 6.04 Å². The average Bonchev–Trinajstić information content (AvgIpc) is 2.51. The lowest BCUT2D eigenvalue weighted by Gasteiger charge is -2.30. The third-order valence-electron chi connectivity index (χ3n) is 3.61. The van der Waals surface area contributed by atoms with Crippen molar-refractivity contribution >= 4 is 18.7 Å². The van der Waals surface area contributed by atoms with Gasteiger partial charge in [0.25, 0.3) is 8.32 Å². The Morgan fingerprint density at radius 2 is 1.37 bits per heavy atom. The number of unbranched alkanes of at least 4 members (excludes halogenated alkanes) is 1. The molecule has 0 unspecified atom stereocenters. The van der Waals surface area contributed by atoms with E-state index in [-0.39, 0.29) is 0 Å². The lowest BCUT2D eigenvalue weighted by Crippen LogP contribution is -2.59. The minimum absolute atomic E-state index is 1.08. The van der Waals surface area contributed by atoms with E-state index in [0.29, 0.717) is 0 Å². The second-order valence-electron chi connectivity index (χ2n) is 4.81. The van der Waals surface area contributed by atoms with Gasteiger partial charge in [0.05, 0.1) is 7.11 Å². The molecule has 0 amide bonds. The van der Waals surface area contributed by atoms with Gasteiger partial charge in [-0.2, -0.15) is 0 Å². The maximum Gasteiger partial charge on any atom is 0.255 e. The molecular weight excluding hydrogens is 248 g/mol. The highest BCUT2D eigenvalue weighted by atomic mass is 28.4. The van der Waals surface area contributed by atoms with E-state index in [4.69, 9.17) is 4.43 Å². The van der Waals surface area contributed by atoms with Gasteiger partial charge in [0, 0.05) is 0 Å². The summed E-state index contributed by atoms with van der Waals surface area (Å²) >= 11 is 0. The SMILES string of the molecule is [CH2]O[Si](CCCC)(c1ccccc1)c1ccccc1.